The van der Waals surface area contributed by atoms with Gasteiger partial charge < -0.3 is 4.42 Å². The van der Waals surface area contributed by atoms with Gasteiger partial charge in [-0.3, -0.25) is 10.2 Å². The Bertz CT molecular complexity index is 1070. The summed E-state index contributed by atoms with van der Waals surface area (Å²) in [4.78, 5) is 11.9. The van der Waals surface area contributed by atoms with Crippen LogP contribution in [-0.2, 0) is 0 Å². The highest BCUT2D eigenvalue weighted by molar-refractivity contribution is 9.10. The lowest BCUT2D eigenvalue weighted by Gasteiger charge is -2.04. The van der Waals surface area contributed by atoms with Crippen LogP contribution in [0.1, 0.15) is 10.5 Å². The van der Waals surface area contributed by atoms with Crippen molar-refractivity contribution in [2.75, 3.05) is 0 Å². The molecular formula is C18H13BrN4O2. The van der Waals surface area contributed by atoms with Gasteiger partial charge in [0.25, 0.3) is 5.91 Å². The van der Waals surface area contributed by atoms with Gasteiger partial charge in [-0.25, -0.2) is 10.5 Å². The van der Waals surface area contributed by atoms with Crippen LogP contribution in [0.2, 0.25) is 0 Å². The number of hydrogen-bond donors (Lipinski definition) is 2. The molecule has 0 aliphatic heterocycles. The number of benzene rings is 2. The summed E-state index contributed by atoms with van der Waals surface area (Å²) < 4.78 is 8.58. The molecule has 7 heteroatoms. The van der Waals surface area contributed by atoms with E-state index in [0.29, 0.717) is 11.5 Å². The van der Waals surface area contributed by atoms with Crippen LogP contribution in [0.5, 0.6) is 0 Å². The molecule has 124 valence electrons. The van der Waals surface area contributed by atoms with Crippen LogP contribution in [0.15, 0.2) is 69.6 Å². The zero-order chi connectivity index (χ0) is 17.4. The van der Waals surface area contributed by atoms with Gasteiger partial charge in [-0.05, 0) is 36.4 Å². The third kappa shape index (κ3) is 2.84. The lowest BCUT2D eigenvalue weighted by Crippen LogP contribution is -2.30. The molecule has 0 spiro atoms. The second kappa shape index (κ2) is 6.19. The van der Waals surface area contributed by atoms with Gasteiger partial charge in [0.15, 0.2) is 11.5 Å². The van der Waals surface area contributed by atoms with Crippen molar-refractivity contribution in [2.24, 2.45) is 5.84 Å². The quantitative estimate of drug-likeness (QED) is 0.314. The van der Waals surface area contributed by atoms with E-state index in [9.17, 15) is 4.79 Å². The molecule has 4 aromatic rings. The van der Waals surface area contributed by atoms with Crippen molar-refractivity contribution in [1.82, 2.24) is 15.2 Å². The molecule has 0 radical (unpaired) electrons. The van der Waals surface area contributed by atoms with Gasteiger partial charge in [0, 0.05) is 15.9 Å². The number of nitrogens with two attached hydrogens (primary N) is 1. The molecule has 25 heavy (non-hydrogen) atoms. The number of rotatable bonds is 3. The minimum Gasteiger partial charge on any atom is -0.454 e. The van der Waals surface area contributed by atoms with Gasteiger partial charge in [0.1, 0.15) is 11.3 Å². The number of furan rings is 1. The zero-order valence-corrected chi connectivity index (χ0v) is 14.5. The Morgan fingerprint density at radius 3 is 2.68 bits per heavy atom. The van der Waals surface area contributed by atoms with E-state index in [-0.39, 0.29) is 5.69 Å². The topological polar surface area (TPSA) is 86.1 Å². The van der Waals surface area contributed by atoms with Crippen molar-refractivity contribution >= 4 is 32.8 Å². The minimum absolute atomic E-state index is 0.211. The number of aromatic nitrogens is 2. The predicted octanol–water partition coefficient (Wildman–Crippen LogP) is 3.65. The monoisotopic (exact) mass is 396 g/mol. The predicted molar refractivity (Wildman–Crippen MR) is 98.1 cm³/mol. The maximum Gasteiger partial charge on any atom is 0.285 e. The first-order chi connectivity index (χ1) is 12.2. The summed E-state index contributed by atoms with van der Waals surface area (Å²) in [5.74, 6) is 5.39. The Hall–Kier alpha value is -2.90. The molecule has 0 bridgehead atoms. The van der Waals surface area contributed by atoms with Crippen molar-refractivity contribution in [3.63, 3.8) is 0 Å². The number of carbonyl (C=O) groups is 1. The number of amides is 1. The standard InChI is InChI=1S/C18H13BrN4O2/c19-12-6-7-16-11(8-12)9-17(25-16)15-10-14(18(24)21-20)22-23(15)13-4-2-1-3-5-13/h1-10H,20H2,(H,21,24). The van der Waals surface area contributed by atoms with E-state index in [1.807, 2.05) is 54.6 Å². The number of hydrazine groups is 1. The third-order valence-corrected chi connectivity index (χ3v) is 4.30. The fraction of sp³-hybridized carbons (Fsp3) is 0. The van der Waals surface area contributed by atoms with Crippen molar-refractivity contribution in [3.05, 3.63) is 70.8 Å². The van der Waals surface area contributed by atoms with Crippen molar-refractivity contribution < 1.29 is 9.21 Å². The molecule has 0 aliphatic carbocycles. The highest BCUT2D eigenvalue weighted by Crippen LogP contribution is 2.31. The van der Waals surface area contributed by atoms with Crippen LogP contribution < -0.4 is 11.3 Å². The first-order valence-electron chi connectivity index (χ1n) is 7.51. The second-order valence-corrected chi connectivity index (χ2v) is 6.34. The van der Waals surface area contributed by atoms with Gasteiger partial charge in [0.05, 0.1) is 5.69 Å². The van der Waals surface area contributed by atoms with Gasteiger partial charge in [0.2, 0.25) is 0 Å². The SMILES string of the molecule is NNC(=O)c1cc(-c2cc3cc(Br)ccc3o2)n(-c2ccccc2)n1. The summed E-state index contributed by atoms with van der Waals surface area (Å²) in [5, 5.41) is 5.32. The summed E-state index contributed by atoms with van der Waals surface area (Å²) in [6, 6.07) is 18.9. The minimum atomic E-state index is -0.463. The Morgan fingerprint density at radius 2 is 1.92 bits per heavy atom. The van der Waals surface area contributed by atoms with Gasteiger partial charge in [-0.2, -0.15) is 5.10 Å². The molecule has 0 unspecified atom stereocenters. The Morgan fingerprint density at radius 1 is 1.12 bits per heavy atom. The summed E-state index contributed by atoms with van der Waals surface area (Å²) in [5.41, 5.74) is 4.55. The number of halogens is 1. The number of nitrogens with one attached hydrogen (secondary N) is 1. The Labute approximate surface area is 151 Å². The number of nitrogen functional groups attached to an aromatic ring is 1. The van der Waals surface area contributed by atoms with E-state index in [2.05, 4.69) is 26.5 Å². The van der Waals surface area contributed by atoms with Crippen molar-refractivity contribution in [1.29, 1.82) is 0 Å². The van der Waals surface area contributed by atoms with E-state index in [4.69, 9.17) is 10.3 Å². The molecule has 0 saturated carbocycles. The molecule has 4 rings (SSSR count). The number of hydrogen-bond acceptors (Lipinski definition) is 4. The smallest absolute Gasteiger partial charge is 0.285 e. The maximum absolute atomic E-state index is 11.9. The first-order valence-corrected chi connectivity index (χ1v) is 8.31. The van der Waals surface area contributed by atoms with Crippen LogP contribution in [0.25, 0.3) is 28.1 Å². The molecule has 3 N–H and O–H groups in total. The van der Waals surface area contributed by atoms with Crippen molar-refractivity contribution in [2.45, 2.75) is 0 Å². The van der Waals surface area contributed by atoms with Gasteiger partial charge in [-0.1, -0.05) is 34.1 Å². The fourth-order valence-electron chi connectivity index (χ4n) is 2.65. The molecule has 0 fully saturated rings. The van der Waals surface area contributed by atoms with Crippen LogP contribution >= 0.6 is 15.9 Å². The Kier molecular flexibility index (Phi) is 3.87. The fourth-order valence-corrected chi connectivity index (χ4v) is 3.03. The number of nitrogens with zero attached hydrogens (tertiary/aromatic N) is 2. The van der Waals surface area contributed by atoms with Gasteiger partial charge >= 0.3 is 0 Å². The summed E-state index contributed by atoms with van der Waals surface area (Å²) in [6.45, 7) is 0. The van der Waals surface area contributed by atoms with Crippen LogP contribution in [0, 0.1) is 0 Å². The lowest BCUT2D eigenvalue weighted by atomic mass is 10.2. The third-order valence-electron chi connectivity index (χ3n) is 3.80. The highest BCUT2D eigenvalue weighted by Gasteiger charge is 2.19. The molecule has 0 atom stereocenters. The molecule has 2 aromatic carbocycles. The molecule has 0 saturated heterocycles. The number of fused-ring (bicyclic) bond motifs is 1. The molecule has 0 aliphatic rings. The number of carbonyl (C=O) groups excluding carboxylic acids is 1. The average Bonchev–Trinajstić information content (AvgIpc) is 3.25. The molecule has 1 amide bonds. The number of para-hydroxylation sites is 1. The average molecular weight is 397 g/mol. The lowest BCUT2D eigenvalue weighted by molar-refractivity contribution is 0.0948. The van der Waals surface area contributed by atoms with E-state index >= 15 is 0 Å². The Balaban J connectivity index is 1.92. The first kappa shape index (κ1) is 15.6. The van der Waals surface area contributed by atoms with Crippen LogP contribution in [0.3, 0.4) is 0 Å². The normalized spacial score (nSPS) is 11.0. The highest BCUT2D eigenvalue weighted by atomic mass is 79.9. The molecule has 2 heterocycles. The van der Waals surface area contributed by atoms with Crippen molar-refractivity contribution in [3.8, 4) is 17.1 Å². The zero-order valence-electron chi connectivity index (χ0n) is 12.9. The van der Waals surface area contributed by atoms with Gasteiger partial charge in [-0.15, -0.1) is 0 Å². The van der Waals surface area contributed by atoms with E-state index < -0.39 is 5.91 Å². The van der Waals surface area contributed by atoms with E-state index in [1.54, 1.807) is 10.7 Å². The maximum atomic E-state index is 11.9. The summed E-state index contributed by atoms with van der Waals surface area (Å²) in [7, 11) is 0. The molecular weight excluding hydrogens is 384 g/mol. The van der Waals surface area contributed by atoms with Crippen LogP contribution in [-0.4, -0.2) is 15.7 Å². The molecule has 6 nitrogen and oxygen atoms in total. The van der Waals surface area contributed by atoms with E-state index in [0.717, 1.165) is 21.1 Å². The summed E-state index contributed by atoms with van der Waals surface area (Å²) >= 11 is 3.46. The molecule has 2 aromatic heterocycles. The largest absolute Gasteiger partial charge is 0.454 e. The second-order valence-electron chi connectivity index (χ2n) is 5.43. The van der Waals surface area contributed by atoms with E-state index in [1.165, 1.54) is 0 Å². The summed E-state index contributed by atoms with van der Waals surface area (Å²) in [6.07, 6.45) is 0. The van der Waals surface area contributed by atoms with Crippen LogP contribution in [0.4, 0.5) is 0 Å².